The summed E-state index contributed by atoms with van der Waals surface area (Å²) in [7, 11) is 1.56. The summed E-state index contributed by atoms with van der Waals surface area (Å²) in [6, 6.07) is 13.8. The standard InChI is InChI=1S/C21H22N4O4/c1-28-15-7-4-6-14(12-15)22-20(26)24-19-17-9-2-3-10-18(17)23-21(27)25(19)13-16-8-5-11-29-16/h2-4,6-7,9-10,12,16H,5,8,11,13H2,1H3,(H2,22,24,26). The number of hydrogen-bond donors (Lipinski definition) is 2. The Morgan fingerprint density at radius 1 is 1.24 bits per heavy atom. The van der Waals surface area contributed by atoms with Crippen molar-refractivity contribution in [3.05, 3.63) is 59.0 Å². The average molecular weight is 394 g/mol. The maximum atomic E-state index is 12.7. The van der Waals surface area contributed by atoms with Crippen LogP contribution >= 0.6 is 0 Å². The van der Waals surface area contributed by atoms with E-state index in [0.717, 1.165) is 12.8 Å². The lowest BCUT2D eigenvalue weighted by molar-refractivity contribution is 0.0964. The molecule has 0 bridgehead atoms. The molecule has 2 N–H and O–H groups in total. The Morgan fingerprint density at radius 2 is 2.10 bits per heavy atom. The molecule has 0 aliphatic carbocycles. The van der Waals surface area contributed by atoms with E-state index < -0.39 is 11.7 Å². The van der Waals surface area contributed by atoms with Crippen molar-refractivity contribution in [1.82, 2.24) is 9.55 Å². The third-order valence-corrected chi connectivity index (χ3v) is 4.85. The van der Waals surface area contributed by atoms with Crippen molar-refractivity contribution >= 4 is 28.4 Å². The molecule has 2 aromatic carbocycles. The quantitative estimate of drug-likeness (QED) is 0.693. The van der Waals surface area contributed by atoms with Gasteiger partial charge in [0.2, 0.25) is 0 Å². The van der Waals surface area contributed by atoms with Crippen LogP contribution in [0.25, 0.3) is 10.9 Å². The van der Waals surface area contributed by atoms with E-state index >= 15 is 0 Å². The van der Waals surface area contributed by atoms with Gasteiger partial charge in [0.05, 0.1) is 25.3 Å². The minimum absolute atomic E-state index is 0.0716. The second-order valence-electron chi connectivity index (χ2n) is 6.82. The molecule has 1 fully saturated rings. The van der Waals surface area contributed by atoms with Gasteiger partial charge in [0.1, 0.15) is 11.6 Å². The zero-order valence-corrected chi connectivity index (χ0v) is 16.1. The van der Waals surface area contributed by atoms with Crippen LogP contribution in [0.3, 0.4) is 0 Å². The Bertz CT molecular complexity index is 1090. The maximum Gasteiger partial charge on any atom is 0.349 e. The minimum Gasteiger partial charge on any atom is -0.497 e. The van der Waals surface area contributed by atoms with Gasteiger partial charge in [-0.15, -0.1) is 0 Å². The summed E-state index contributed by atoms with van der Waals surface area (Å²) in [5.41, 5.74) is 0.682. The number of para-hydroxylation sites is 1. The van der Waals surface area contributed by atoms with Gasteiger partial charge in [0.15, 0.2) is 0 Å². The zero-order valence-electron chi connectivity index (χ0n) is 16.1. The number of nitrogens with one attached hydrogen (secondary N) is 2. The molecule has 1 aromatic heterocycles. The highest BCUT2D eigenvalue weighted by atomic mass is 16.5. The number of amides is 2. The molecule has 150 valence electrons. The van der Waals surface area contributed by atoms with Crippen LogP contribution in [0.4, 0.5) is 16.3 Å². The van der Waals surface area contributed by atoms with E-state index in [1.807, 2.05) is 12.1 Å². The van der Waals surface area contributed by atoms with Gasteiger partial charge in [-0.3, -0.25) is 9.88 Å². The minimum atomic E-state index is -0.463. The number of carbonyl (C=O) groups excluding carboxylic acids is 1. The van der Waals surface area contributed by atoms with Gasteiger partial charge in [-0.05, 0) is 37.1 Å². The van der Waals surface area contributed by atoms with Gasteiger partial charge < -0.3 is 14.8 Å². The van der Waals surface area contributed by atoms with Crippen molar-refractivity contribution in [3.8, 4) is 5.75 Å². The van der Waals surface area contributed by atoms with Crippen LogP contribution in [0.1, 0.15) is 12.8 Å². The summed E-state index contributed by atoms with van der Waals surface area (Å²) in [5.74, 6) is 1.03. The van der Waals surface area contributed by atoms with Crippen LogP contribution in [0.15, 0.2) is 53.3 Å². The average Bonchev–Trinajstić information content (AvgIpc) is 3.24. The number of urea groups is 1. The fourth-order valence-corrected chi connectivity index (χ4v) is 3.44. The van der Waals surface area contributed by atoms with Crippen LogP contribution < -0.4 is 21.1 Å². The molecular formula is C21H22N4O4. The fraction of sp³-hybridized carbons (Fsp3) is 0.286. The highest BCUT2D eigenvalue weighted by Gasteiger charge is 2.21. The number of benzene rings is 2. The fourth-order valence-electron chi connectivity index (χ4n) is 3.44. The monoisotopic (exact) mass is 394 g/mol. The Hall–Kier alpha value is -3.39. The van der Waals surface area contributed by atoms with Crippen molar-refractivity contribution in [2.24, 2.45) is 0 Å². The first-order valence-corrected chi connectivity index (χ1v) is 9.47. The number of fused-ring (bicyclic) bond motifs is 1. The molecule has 29 heavy (non-hydrogen) atoms. The lowest BCUT2D eigenvalue weighted by Gasteiger charge is -2.18. The predicted octanol–water partition coefficient (Wildman–Crippen LogP) is 3.23. The van der Waals surface area contributed by atoms with E-state index in [9.17, 15) is 9.59 Å². The first-order valence-electron chi connectivity index (χ1n) is 9.47. The summed E-state index contributed by atoms with van der Waals surface area (Å²) >= 11 is 0. The lowest BCUT2D eigenvalue weighted by Crippen LogP contribution is -2.33. The van der Waals surface area contributed by atoms with Gasteiger partial charge in [-0.1, -0.05) is 18.2 Å². The smallest absolute Gasteiger partial charge is 0.349 e. The van der Waals surface area contributed by atoms with Gasteiger partial charge in [0, 0.05) is 23.7 Å². The summed E-state index contributed by atoms with van der Waals surface area (Å²) in [6.45, 7) is 1.02. The molecule has 0 spiro atoms. The lowest BCUT2D eigenvalue weighted by atomic mass is 10.2. The molecule has 1 aliphatic rings. The van der Waals surface area contributed by atoms with Crippen LogP contribution in [-0.4, -0.2) is 35.4 Å². The topological polar surface area (TPSA) is 94.5 Å². The number of nitrogens with zero attached hydrogens (tertiary/aromatic N) is 2. The molecule has 0 saturated carbocycles. The zero-order chi connectivity index (χ0) is 20.2. The summed E-state index contributed by atoms with van der Waals surface area (Å²) in [4.78, 5) is 29.5. The Balaban J connectivity index is 1.66. The van der Waals surface area contributed by atoms with E-state index in [1.165, 1.54) is 4.57 Å². The Kier molecular flexibility index (Phi) is 5.44. The molecule has 2 heterocycles. The number of methoxy groups -OCH3 is 1. The third-order valence-electron chi connectivity index (χ3n) is 4.85. The van der Waals surface area contributed by atoms with Crippen LogP contribution in [-0.2, 0) is 11.3 Å². The second-order valence-corrected chi connectivity index (χ2v) is 6.82. The maximum absolute atomic E-state index is 12.7. The Morgan fingerprint density at radius 3 is 2.90 bits per heavy atom. The number of ether oxygens (including phenoxy) is 2. The van der Waals surface area contributed by atoms with Gasteiger partial charge in [-0.2, -0.15) is 4.98 Å². The van der Waals surface area contributed by atoms with Crippen LogP contribution in [0.2, 0.25) is 0 Å². The summed E-state index contributed by atoms with van der Waals surface area (Å²) < 4.78 is 12.3. The van der Waals surface area contributed by atoms with Crippen molar-refractivity contribution in [3.63, 3.8) is 0 Å². The summed E-state index contributed by atoms with van der Waals surface area (Å²) in [6.07, 6.45) is 1.76. The first-order chi connectivity index (χ1) is 14.1. The molecular weight excluding hydrogens is 372 g/mol. The van der Waals surface area contributed by atoms with Crippen LogP contribution in [0, 0.1) is 0 Å². The molecule has 1 atom stereocenters. The molecule has 8 nitrogen and oxygen atoms in total. The van der Waals surface area contributed by atoms with Gasteiger partial charge in [0.25, 0.3) is 0 Å². The van der Waals surface area contributed by atoms with Crippen molar-refractivity contribution in [2.75, 3.05) is 24.4 Å². The van der Waals surface area contributed by atoms with Gasteiger partial charge >= 0.3 is 11.7 Å². The highest BCUT2D eigenvalue weighted by molar-refractivity contribution is 6.04. The molecule has 4 rings (SSSR count). The van der Waals surface area contributed by atoms with Crippen molar-refractivity contribution in [2.45, 2.75) is 25.5 Å². The molecule has 1 unspecified atom stereocenters. The normalized spacial score (nSPS) is 16.0. The van der Waals surface area contributed by atoms with E-state index in [2.05, 4.69) is 15.6 Å². The third kappa shape index (κ3) is 4.22. The molecule has 0 radical (unpaired) electrons. The molecule has 1 saturated heterocycles. The van der Waals surface area contributed by atoms with E-state index in [-0.39, 0.29) is 6.10 Å². The van der Waals surface area contributed by atoms with Gasteiger partial charge in [-0.25, -0.2) is 9.59 Å². The van der Waals surface area contributed by atoms with Crippen molar-refractivity contribution < 1.29 is 14.3 Å². The summed E-state index contributed by atoms with van der Waals surface area (Å²) in [5, 5.41) is 6.29. The van der Waals surface area contributed by atoms with E-state index in [1.54, 1.807) is 43.5 Å². The number of rotatable bonds is 5. The molecule has 1 aliphatic heterocycles. The molecule has 2 amide bonds. The SMILES string of the molecule is COc1cccc(NC(=O)Nc2c3ccccc3nc(=O)n2CC2CCCO2)c1. The van der Waals surface area contributed by atoms with Crippen molar-refractivity contribution in [1.29, 1.82) is 0 Å². The number of carbonyl (C=O) groups is 1. The Labute approximate surface area is 167 Å². The van der Waals surface area contributed by atoms with Crippen LogP contribution in [0.5, 0.6) is 5.75 Å². The van der Waals surface area contributed by atoms with E-state index in [0.29, 0.717) is 41.3 Å². The largest absolute Gasteiger partial charge is 0.497 e. The number of hydrogen-bond acceptors (Lipinski definition) is 5. The highest BCUT2D eigenvalue weighted by Crippen LogP contribution is 2.23. The molecule has 3 aromatic rings. The number of anilines is 2. The number of aromatic nitrogens is 2. The molecule has 8 heteroatoms. The first kappa shape index (κ1) is 18.9. The predicted molar refractivity (Wildman–Crippen MR) is 111 cm³/mol. The van der Waals surface area contributed by atoms with E-state index in [4.69, 9.17) is 9.47 Å². The second kappa shape index (κ2) is 8.32.